The molecule has 2 bridgehead atoms. The molecule has 1 aromatic rings. The number of hydrogen-bond donors (Lipinski definition) is 0. The van der Waals surface area contributed by atoms with Gasteiger partial charge in [0, 0.05) is 6.07 Å². The number of hydrogen-bond acceptors (Lipinski definition) is 4. The van der Waals surface area contributed by atoms with Gasteiger partial charge in [-0.2, -0.15) is 0 Å². The fourth-order valence-electron chi connectivity index (χ4n) is 4.83. The Morgan fingerprint density at radius 1 is 0.909 bits per heavy atom. The number of anilines is 1. The molecule has 1 aromatic carbocycles. The van der Waals surface area contributed by atoms with Crippen LogP contribution in [0.25, 0.3) is 0 Å². The smallest absolute Gasteiger partial charge is 0.237 e. The van der Waals surface area contributed by atoms with E-state index in [4.69, 9.17) is 9.47 Å². The molecule has 2 amide bonds. The lowest BCUT2D eigenvalue weighted by molar-refractivity contribution is -0.123. The lowest BCUT2D eigenvalue weighted by atomic mass is 9.81. The van der Waals surface area contributed by atoms with E-state index in [1.165, 1.54) is 4.90 Å². The number of carbonyl (C=O) groups is 2. The Kier molecular flexibility index (Phi) is 2.41. The summed E-state index contributed by atoms with van der Waals surface area (Å²) >= 11 is 0. The highest BCUT2D eigenvalue weighted by Gasteiger charge is 2.61. The number of rotatable bonds is 1. The molecule has 0 unspecified atom stereocenters. The summed E-state index contributed by atoms with van der Waals surface area (Å²) in [7, 11) is 0. The Hall–Kier alpha value is -2.04. The van der Waals surface area contributed by atoms with Gasteiger partial charge < -0.3 is 9.47 Å². The predicted octanol–water partition coefficient (Wildman–Crippen LogP) is 1.99. The number of ether oxygens (including phenoxy) is 2. The second-order valence-electron chi connectivity index (χ2n) is 6.72. The van der Waals surface area contributed by atoms with Crippen LogP contribution in [0.3, 0.4) is 0 Å². The SMILES string of the molecule is O=C1[C@@H]2[C@@H]3CC[C@@H](C3)[C@@H]2C(=O)N1c1ccc2c(c1)OCCO2. The Bertz CT molecular complexity index is 657. The molecule has 22 heavy (non-hydrogen) atoms. The maximum absolute atomic E-state index is 12.8. The summed E-state index contributed by atoms with van der Waals surface area (Å²) in [5.41, 5.74) is 0.619. The highest BCUT2D eigenvalue weighted by Crippen LogP contribution is 2.56. The maximum atomic E-state index is 12.8. The Labute approximate surface area is 128 Å². The Morgan fingerprint density at radius 2 is 1.55 bits per heavy atom. The molecule has 0 aromatic heterocycles. The molecule has 5 nitrogen and oxygen atoms in total. The zero-order valence-corrected chi connectivity index (χ0v) is 12.2. The van der Waals surface area contributed by atoms with Crippen molar-refractivity contribution < 1.29 is 19.1 Å². The largest absolute Gasteiger partial charge is 0.486 e. The van der Waals surface area contributed by atoms with Crippen LogP contribution in [0.5, 0.6) is 11.5 Å². The average Bonchev–Trinajstić information content (AvgIpc) is 3.21. The Balaban J connectivity index is 1.53. The van der Waals surface area contributed by atoms with Crippen LogP contribution < -0.4 is 14.4 Å². The first-order chi connectivity index (χ1) is 10.7. The van der Waals surface area contributed by atoms with Gasteiger partial charge in [-0.3, -0.25) is 9.59 Å². The predicted molar refractivity (Wildman–Crippen MR) is 77.7 cm³/mol. The maximum Gasteiger partial charge on any atom is 0.237 e. The van der Waals surface area contributed by atoms with Gasteiger partial charge >= 0.3 is 0 Å². The molecule has 5 rings (SSSR count). The van der Waals surface area contributed by atoms with Gasteiger partial charge in [-0.1, -0.05) is 0 Å². The van der Waals surface area contributed by atoms with Crippen LogP contribution in [0, 0.1) is 23.7 Å². The summed E-state index contributed by atoms with van der Waals surface area (Å²) in [5, 5.41) is 0. The minimum Gasteiger partial charge on any atom is -0.486 e. The highest BCUT2D eigenvalue weighted by molar-refractivity contribution is 6.22. The van der Waals surface area contributed by atoms with E-state index in [2.05, 4.69) is 0 Å². The summed E-state index contributed by atoms with van der Waals surface area (Å²) in [6, 6.07) is 5.33. The van der Waals surface area contributed by atoms with E-state index >= 15 is 0 Å². The molecule has 114 valence electrons. The third kappa shape index (κ3) is 1.49. The quantitative estimate of drug-likeness (QED) is 0.744. The van der Waals surface area contributed by atoms with Crippen molar-refractivity contribution in [1.29, 1.82) is 0 Å². The van der Waals surface area contributed by atoms with Gasteiger partial charge in [0.15, 0.2) is 11.5 Å². The first-order valence-electron chi connectivity index (χ1n) is 8.01. The van der Waals surface area contributed by atoms with Crippen LogP contribution in [0.4, 0.5) is 5.69 Å². The molecular weight excluding hydrogens is 282 g/mol. The zero-order chi connectivity index (χ0) is 14.8. The molecule has 2 heterocycles. The lowest BCUT2D eigenvalue weighted by Gasteiger charge is -2.22. The van der Waals surface area contributed by atoms with E-state index in [0.29, 0.717) is 42.2 Å². The first-order valence-corrected chi connectivity index (χ1v) is 8.01. The second kappa shape index (κ2) is 4.24. The fourth-order valence-corrected chi connectivity index (χ4v) is 4.83. The minimum atomic E-state index is -0.0838. The topological polar surface area (TPSA) is 55.8 Å². The molecular formula is C17H17NO4. The minimum absolute atomic E-state index is 0.0149. The monoisotopic (exact) mass is 299 g/mol. The highest BCUT2D eigenvalue weighted by atomic mass is 16.6. The summed E-state index contributed by atoms with van der Waals surface area (Å²) in [6.07, 6.45) is 3.25. The van der Waals surface area contributed by atoms with Crippen LogP contribution in [0.15, 0.2) is 18.2 Å². The van der Waals surface area contributed by atoms with Crippen molar-refractivity contribution in [2.24, 2.45) is 23.7 Å². The summed E-state index contributed by atoms with van der Waals surface area (Å²) in [5.74, 6) is 1.91. The molecule has 3 fully saturated rings. The second-order valence-corrected chi connectivity index (χ2v) is 6.72. The average molecular weight is 299 g/mol. The summed E-state index contributed by atoms with van der Waals surface area (Å²) in [6.45, 7) is 1.02. The zero-order valence-electron chi connectivity index (χ0n) is 12.2. The summed E-state index contributed by atoms with van der Waals surface area (Å²) in [4.78, 5) is 27.0. The molecule has 0 spiro atoms. The van der Waals surface area contributed by atoms with Crippen molar-refractivity contribution in [2.45, 2.75) is 19.3 Å². The molecule has 5 heteroatoms. The van der Waals surface area contributed by atoms with E-state index < -0.39 is 0 Å². The van der Waals surface area contributed by atoms with Gasteiger partial charge in [-0.05, 0) is 43.2 Å². The number of carbonyl (C=O) groups excluding carboxylic acids is 2. The van der Waals surface area contributed by atoms with Gasteiger partial charge in [0.05, 0.1) is 17.5 Å². The van der Waals surface area contributed by atoms with E-state index in [1.807, 2.05) is 0 Å². The molecule has 0 radical (unpaired) electrons. The fraction of sp³-hybridized carbons (Fsp3) is 0.529. The molecule has 4 aliphatic rings. The normalized spacial score (nSPS) is 35.2. The van der Waals surface area contributed by atoms with Crippen LogP contribution >= 0.6 is 0 Å². The van der Waals surface area contributed by atoms with E-state index in [9.17, 15) is 9.59 Å². The van der Waals surface area contributed by atoms with E-state index in [-0.39, 0.29) is 23.7 Å². The number of benzene rings is 1. The van der Waals surface area contributed by atoms with Crippen molar-refractivity contribution in [2.75, 3.05) is 18.1 Å². The first kappa shape index (κ1) is 12.5. The van der Waals surface area contributed by atoms with Crippen LogP contribution in [0.2, 0.25) is 0 Å². The molecule has 2 saturated carbocycles. The van der Waals surface area contributed by atoms with Gasteiger partial charge in [-0.15, -0.1) is 0 Å². The van der Waals surface area contributed by atoms with Crippen molar-refractivity contribution in [3.63, 3.8) is 0 Å². The molecule has 4 atom stereocenters. The number of amides is 2. The van der Waals surface area contributed by atoms with Crippen LogP contribution in [-0.4, -0.2) is 25.0 Å². The number of nitrogens with zero attached hydrogens (tertiary/aromatic N) is 1. The van der Waals surface area contributed by atoms with Gasteiger partial charge in [0.1, 0.15) is 13.2 Å². The van der Waals surface area contributed by atoms with Crippen molar-refractivity contribution in [1.82, 2.24) is 0 Å². The van der Waals surface area contributed by atoms with Crippen molar-refractivity contribution in [3.05, 3.63) is 18.2 Å². The summed E-state index contributed by atoms with van der Waals surface area (Å²) < 4.78 is 11.1. The van der Waals surface area contributed by atoms with Gasteiger partial charge in [0.2, 0.25) is 11.8 Å². The van der Waals surface area contributed by atoms with Crippen LogP contribution in [-0.2, 0) is 9.59 Å². The lowest BCUT2D eigenvalue weighted by Crippen LogP contribution is -2.32. The molecule has 0 N–H and O–H groups in total. The van der Waals surface area contributed by atoms with E-state index in [1.54, 1.807) is 18.2 Å². The van der Waals surface area contributed by atoms with Gasteiger partial charge in [0.25, 0.3) is 0 Å². The van der Waals surface area contributed by atoms with Crippen molar-refractivity contribution >= 4 is 17.5 Å². The molecule has 2 aliphatic heterocycles. The standard InChI is InChI=1S/C17H17NO4/c19-16-14-9-1-2-10(7-9)15(14)17(20)18(16)11-3-4-12-13(8-11)22-6-5-21-12/h3-4,8-10,14-15H,1-2,5-7H2/t9-,10+,14-,15+. The van der Waals surface area contributed by atoms with Crippen LogP contribution in [0.1, 0.15) is 19.3 Å². The third-order valence-corrected chi connectivity index (χ3v) is 5.71. The van der Waals surface area contributed by atoms with Crippen molar-refractivity contribution in [3.8, 4) is 11.5 Å². The Morgan fingerprint density at radius 3 is 2.23 bits per heavy atom. The van der Waals surface area contributed by atoms with E-state index in [0.717, 1.165) is 19.3 Å². The number of fused-ring (bicyclic) bond motifs is 6. The number of imide groups is 1. The molecule has 2 aliphatic carbocycles. The van der Waals surface area contributed by atoms with Gasteiger partial charge in [-0.25, -0.2) is 4.90 Å². The third-order valence-electron chi connectivity index (χ3n) is 5.71. The molecule has 1 saturated heterocycles.